The minimum Gasteiger partial charge on any atom is -0.483 e. The molecule has 2 rings (SSSR count). The maximum atomic E-state index is 13.0. The standard InChI is InChI=1S/C17H15F3INO2/c1-10-3-6-15(11(2)7-10)24-9-16(23)22-14-5-4-12(21)8-13(14)17(18,19)20/h3-8H,9H2,1-2H3,(H,22,23). The molecule has 0 fully saturated rings. The molecular formula is C17H15F3INO2. The number of nitrogens with one attached hydrogen (secondary N) is 1. The highest BCUT2D eigenvalue weighted by Crippen LogP contribution is 2.35. The summed E-state index contributed by atoms with van der Waals surface area (Å²) in [5.41, 5.74) is 0.748. The summed E-state index contributed by atoms with van der Waals surface area (Å²) in [4.78, 5) is 11.9. The molecule has 0 aliphatic rings. The molecule has 0 aromatic heterocycles. The Morgan fingerprint density at radius 1 is 1.17 bits per heavy atom. The van der Waals surface area contributed by atoms with Gasteiger partial charge in [-0.25, -0.2) is 0 Å². The second kappa shape index (κ2) is 7.42. The molecule has 0 saturated carbocycles. The summed E-state index contributed by atoms with van der Waals surface area (Å²) < 4.78 is 44.9. The van der Waals surface area contributed by atoms with Gasteiger partial charge in [-0.15, -0.1) is 0 Å². The van der Waals surface area contributed by atoms with Crippen LogP contribution in [0.2, 0.25) is 0 Å². The lowest BCUT2D eigenvalue weighted by Gasteiger charge is -2.15. The molecule has 0 unspecified atom stereocenters. The van der Waals surface area contributed by atoms with Crippen LogP contribution in [0.1, 0.15) is 16.7 Å². The Labute approximate surface area is 151 Å². The van der Waals surface area contributed by atoms with Crippen molar-refractivity contribution in [3.05, 3.63) is 56.7 Å². The minimum atomic E-state index is -4.54. The molecule has 0 atom stereocenters. The number of halogens is 4. The molecule has 1 amide bonds. The number of anilines is 1. The SMILES string of the molecule is Cc1ccc(OCC(=O)Nc2ccc(I)cc2C(F)(F)F)c(C)c1. The van der Waals surface area contributed by atoms with E-state index in [9.17, 15) is 18.0 Å². The molecule has 2 aromatic carbocycles. The lowest BCUT2D eigenvalue weighted by atomic mass is 10.1. The van der Waals surface area contributed by atoms with Gasteiger partial charge in [0.25, 0.3) is 5.91 Å². The first-order valence-corrected chi connectivity index (χ1v) is 8.11. The maximum absolute atomic E-state index is 13.0. The molecule has 0 bridgehead atoms. The Hall–Kier alpha value is -1.77. The van der Waals surface area contributed by atoms with Crippen molar-refractivity contribution in [2.45, 2.75) is 20.0 Å². The van der Waals surface area contributed by atoms with E-state index in [4.69, 9.17) is 4.74 Å². The summed E-state index contributed by atoms with van der Waals surface area (Å²) in [5.74, 6) is -0.129. The molecule has 0 spiro atoms. The minimum absolute atomic E-state index is 0.280. The largest absolute Gasteiger partial charge is 0.483 e. The molecule has 0 heterocycles. The number of rotatable bonds is 4. The molecule has 7 heteroatoms. The predicted octanol–water partition coefficient (Wildman–Crippen LogP) is 4.94. The first-order chi connectivity index (χ1) is 11.2. The van der Waals surface area contributed by atoms with Gasteiger partial charge in [0.05, 0.1) is 11.3 Å². The molecular weight excluding hydrogens is 434 g/mol. The van der Waals surface area contributed by atoms with Gasteiger partial charge in [-0.3, -0.25) is 4.79 Å². The first kappa shape index (κ1) is 18.6. The number of hydrogen-bond acceptors (Lipinski definition) is 2. The van der Waals surface area contributed by atoms with E-state index in [0.717, 1.165) is 17.2 Å². The number of amides is 1. The third kappa shape index (κ3) is 4.86. The zero-order valence-electron chi connectivity index (χ0n) is 13.0. The number of carbonyl (C=O) groups excluding carboxylic acids is 1. The third-order valence-electron chi connectivity index (χ3n) is 3.25. The molecule has 0 aliphatic heterocycles. The first-order valence-electron chi connectivity index (χ1n) is 7.03. The Balaban J connectivity index is 2.08. The van der Waals surface area contributed by atoms with Gasteiger partial charge in [0.1, 0.15) is 5.75 Å². The van der Waals surface area contributed by atoms with Crippen molar-refractivity contribution in [2.75, 3.05) is 11.9 Å². The Morgan fingerprint density at radius 2 is 1.88 bits per heavy atom. The van der Waals surface area contributed by atoms with Crippen molar-refractivity contribution in [3.8, 4) is 5.75 Å². The molecule has 0 aliphatic carbocycles. The van der Waals surface area contributed by atoms with Crippen LogP contribution in [0, 0.1) is 17.4 Å². The van der Waals surface area contributed by atoms with Gasteiger partial charge in [0.15, 0.2) is 6.61 Å². The number of alkyl halides is 3. The van der Waals surface area contributed by atoms with E-state index in [1.54, 1.807) is 28.7 Å². The van der Waals surface area contributed by atoms with Crippen LogP contribution in [-0.4, -0.2) is 12.5 Å². The second-order valence-corrected chi connectivity index (χ2v) is 6.54. The topological polar surface area (TPSA) is 38.3 Å². The molecule has 128 valence electrons. The second-order valence-electron chi connectivity index (χ2n) is 5.29. The van der Waals surface area contributed by atoms with Crippen LogP contribution in [0.3, 0.4) is 0 Å². The van der Waals surface area contributed by atoms with E-state index in [2.05, 4.69) is 5.32 Å². The van der Waals surface area contributed by atoms with Crippen LogP contribution in [-0.2, 0) is 11.0 Å². The number of ether oxygens (including phenoxy) is 1. The highest BCUT2D eigenvalue weighted by molar-refractivity contribution is 14.1. The van der Waals surface area contributed by atoms with Gasteiger partial charge in [-0.2, -0.15) is 13.2 Å². The van der Waals surface area contributed by atoms with Crippen LogP contribution < -0.4 is 10.1 Å². The lowest BCUT2D eigenvalue weighted by molar-refractivity contribution is -0.137. The van der Waals surface area contributed by atoms with Crippen molar-refractivity contribution in [2.24, 2.45) is 0 Å². The van der Waals surface area contributed by atoms with Crippen LogP contribution in [0.4, 0.5) is 18.9 Å². The summed E-state index contributed by atoms with van der Waals surface area (Å²) in [7, 11) is 0. The van der Waals surface area contributed by atoms with E-state index in [1.807, 2.05) is 26.0 Å². The fraction of sp³-hybridized carbons (Fsp3) is 0.235. The van der Waals surface area contributed by atoms with Crippen molar-refractivity contribution in [1.82, 2.24) is 0 Å². The molecule has 24 heavy (non-hydrogen) atoms. The Morgan fingerprint density at radius 3 is 2.50 bits per heavy atom. The molecule has 3 nitrogen and oxygen atoms in total. The predicted molar refractivity (Wildman–Crippen MR) is 94.2 cm³/mol. The number of aryl methyl sites for hydroxylation is 2. The Kier molecular flexibility index (Phi) is 5.74. The average Bonchev–Trinajstić information content (AvgIpc) is 2.47. The summed E-state index contributed by atoms with van der Waals surface area (Å²) in [6.45, 7) is 3.40. The van der Waals surface area contributed by atoms with Gasteiger partial charge >= 0.3 is 6.18 Å². The zero-order valence-corrected chi connectivity index (χ0v) is 15.2. The smallest absolute Gasteiger partial charge is 0.418 e. The normalized spacial score (nSPS) is 11.2. The Bertz CT molecular complexity index is 760. The van der Waals surface area contributed by atoms with Crippen molar-refractivity contribution in [3.63, 3.8) is 0 Å². The molecule has 0 saturated heterocycles. The average molecular weight is 449 g/mol. The van der Waals surface area contributed by atoms with Crippen LogP contribution in [0.25, 0.3) is 0 Å². The van der Waals surface area contributed by atoms with E-state index in [1.165, 1.54) is 12.1 Å². The summed E-state index contributed by atoms with van der Waals surface area (Å²) >= 11 is 1.79. The quantitative estimate of drug-likeness (QED) is 0.672. The summed E-state index contributed by atoms with van der Waals surface area (Å²) in [6.07, 6.45) is -4.54. The van der Waals surface area contributed by atoms with E-state index in [0.29, 0.717) is 9.32 Å². The van der Waals surface area contributed by atoms with Crippen LogP contribution >= 0.6 is 22.6 Å². The van der Waals surface area contributed by atoms with Gasteiger partial charge in [0, 0.05) is 3.57 Å². The highest BCUT2D eigenvalue weighted by atomic mass is 127. The number of hydrogen-bond donors (Lipinski definition) is 1. The zero-order chi connectivity index (χ0) is 17.9. The van der Waals surface area contributed by atoms with Gasteiger partial charge in [-0.1, -0.05) is 17.7 Å². The summed E-state index contributed by atoms with van der Waals surface area (Å²) in [6, 6.07) is 9.18. The molecule has 2 aromatic rings. The monoisotopic (exact) mass is 449 g/mol. The van der Waals surface area contributed by atoms with Gasteiger partial charge < -0.3 is 10.1 Å². The highest BCUT2D eigenvalue weighted by Gasteiger charge is 2.34. The van der Waals surface area contributed by atoms with E-state index < -0.39 is 17.6 Å². The van der Waals surface area contributed by atoms with Crippen LogP contribution in [0.5, 0.6) is 5.75 Å². The lowest BCUT2D eigenvalue weighted by Crippen LogP contribution is -2.22. The van der Waals surface area contributed by atoms with Gasteiger partial charge in [0.2, 0.25) is 0 Å². The van der Waals surface area contributed by atoms with Crippen molar-refractivity contribution < 1.29 is 22.7 Å². The third-order valence-corrected chi connectivity index (χ3v) is 3.92. The van der Waals surface area contributed by atoms with E-state index >= 15 is 0 Å². The number of benzene rings is 2. The molecule has 0 radical (unpaired) electrons. The van der Waals surface area contributed by atoms with Crippen LogP contribution in [0.15, 0.2) is 36.4 Å². The van der Waals surface area contributed by atoms with Crippen molar-refractivity contribution in [1.29, 1.82) is 0 Å². The maximum Gasteiger partial charge on any atom is 0.418 e. The molecule has 1 N–H and O–H groups in total. The fourth-order valence-electron chi connectivity index (χ4n) is 2.15. The fourth-order valence-corrected chi connectivity index (χ4v) is 2.64. The van der Waals surface area contributed by atoms with E-state index in [-0.39, 0.29) is 12.3 Å². The van der Waals surface area contributed by atoms with Crippen molar-refractivity contribution >= 4 is 34.2 Å². The summed E-state index contributed by atoms with van der Waals surface area (Å²) in [5, 5.41) is 2.26. The number of carbonyl (C=O) groups is 1. The van der Waals surface area contributed by atoms with Gasteiger partial charge in [-0.05, 0) is 66.3 Å².